The summed E-state index contributed by atoms with van der Waals surface area (Å²) in [5.41, 5.74) is 0.203. The molecule has 0 heterocycles. The van der Waals surface area contributed by atoms with E-state index in [2.05, 4.69) is 0 Å². The van der Waals surface area contributed by atoms with E-state index in [0.717, 1.165) is 30.3 Å². The van der Waals surface area contributed by atoms with Crippen LogP contribution in [0.25, 0.3) is 0 Å². The number of rotatable bonds is 12. The number of benzene rings is 2. The van der Waals surface area contributed by atoms with Crippen LogP contribution in [0.15, 0.2) is 47.4 Å². The zero-order valence-electron chi connectivity index (χ0n) is 19.2. The zero-order chi connectivity index (χ0) is 24.8. The summed E-state index contributed by atoms with van der Waals surface area (Å²) in [5.74, 6) is -1.92. The molecule has 3 atom stereocenters. The molecule has 2 aromatic carbocycles. The van der Waals surface area contributed by atoms with Crippen LogP contribution in [0.2, 0.25) is 0 Å². The molecular formula is C23H31F3N2O4S. The molecule has 0 radical (unpaired) electrons. The molecule has 0 aliphatic rings. The van der Waals surface area contributed by atoms with Gasteiger partial charge in [0.1, 0.15) is 17.5 Å². The molecule has 0 saturated carbocycles. The third-order valence-corrected chi connectivity index (χ3v) is 7.52. The van der Waals surface area contributed by atoms with Crippen LogP contribution in [0.1, 0.15) is 19.4 Å². The predicted octanol–water partition coefficient (Wildman–Crippen LogP) is 3.26. The highest BCUT2D eigenvalue weighted by atomic mass is 32.2. The summed E-state index contributed by atoms with van der Waals surface area (Å²) in [7, 11) is -0.786. The Morgan fingerprint density at radius 1 is 1.00 bits per heavy atom. The minimum atomic E-state index is -4.01. The highest BCUT2D eigenvalue weighted by Gasteiger charge is 2.32. The first-order valence-corrected chi connectivity index (χ1v) is 12.0. The van der Waals surface area contributed by atoms with Crippen LogP contribution in [0.4, 0.5) is 13.2 Å². The second-order valence-electron chi connectivity index (χ2n) is 8.24. The number of hydrogen-bond donors (Lipinski definition) is 1. The average Bonchev–Trinajstić information content (AvgIpc) is 2.77. The third-order valence-electron chi connectivity index (χ3n) is 5.52. The fourth-order valence-electron chi connectivity index (χ4n) is 3.56. The van der Waals surface area contributed by atoms with Gasteiger partial charge in [-0.1, -0.05) is 6.92 Å². The van der Waals surface area contributed by atoms with E-state index in [1.165, 1.54) is 23.5 Å². The van der Waals surface area contributed by atoms with E-state index >= 15 is 0 Å². The van der Waals surface area contributed by atoms with E-state index < -0.39 is 46.2 Å². The van der Waals surface area contributed by atoms with Crippen molar-refractivity contribution in [1.29, 1.82) is 0 Å². The molecular weight excluding hydrogens is 457 g/mol. The summed E-state index contributed by atoms with van der Waals surface area (Å²) in [5, 5.41) is 9.65. The van der Waals surface area contributed by atoms with E-state index in [1.54, 1.807) is 18.9 Å². The van der Waals surface area contributed by atoms with Crippen LogP contribution < -0.4 is 0 Å². The second-order valence-corrected chi connectivity index (χ2v) is 10.1. The van der Waals surface area contributed by atoms with Gasteiger partial charge in [0.2, 0.25) is 10.0 Å². The van der Waals surface area contributed by atoms with Gasteiger partial charge in [-0.2, -0.15) is 4.31 Å². The van der Waals surface area contributed by atoms with Crippen LogP contribution >= 0.6 is 0 Å². The largest absolute Gasteiger partial charge is 0.395 e. The highest BCUT2D eigenvalue weighted by Crippen LogP contribution is 2.22. The molecule has 1 N–H and O–H groups in total. The van der Waals surface area contributed by atoms with Crippen molar-refractivity contribution in [1.82, 2.24) is 9.21 Å². The Morgan fingerprint density at radius 3 is 2.18 bits per heavy atom. The highest BCUT2D eigenvalue weighted by molar-refractivity contribution is 7.89. The number of ether oxygens (including phenoxy) is 1. The summed E-state index contributed by atoms with van der Waals surface area (Å²) in [4.78, 5) is 1.68. The van der Waals surface area contributed by atoms with Gasteiger partial charge in [0.15, 0.2) is 0 Å². The molecule has 0 aliphatic carbocycles. The minimum Gasteiger partial charge on any atom is -0.395 e. The van der Waals surface area contributed by atoms with Gasteiger partial charge in [0.05, 0.1) is 17.6 Å². The lowest BCUT2D eigenvalue weighted by atomic mass is 10.0. The lowest BCUT2D eigenvalue weighted by Crippen LogP contribution is -2.46. The predicted molar refractivity (Wildman–Crippen MR) is 119 cm³/mol. The Labute approximate surface area is 193 Å². The molecule has 184 valence electrons. The standard InChI is InChI=1S/C23H31F3N2O4S/c1-16(23(32-4)14-27(3)13-18-11-20(25)7-10-22(18)26)12-28(17(2)15-29)33(30,31)21-8-5-19(24)6-9-21/h5-11,16-17,23,29H,12-15H2,1-4H3/t16-,17-,23-/m0/s1. The van der Waals surface area contributed by atoms with Crippen molar-refractivity contribution in [2.45, 2.75) is 37.4 Å². The topological polar surface area (TPSA) is 70.1 Å². The van der Waals surface area contributed by atoms with Crippen LogP contribution in [-0.4, -0.2) is 68.7 Å². The molecule has 0 spiro atoms. The Morgan fingerprint density at radius 2 is 1.61 bits per heavy atom. The smallest absolute Gasteiger partial charge is 0.243 e. The summed E-state index contributed by atoms with van der Waals surface area (Å²) in [6.45, 7) is 3.48. The molecule has 2 rings (SSSR count). The monoisotopic (exact) mass is 488 g/mol. The summed E-state index contributed by atoms with van der Waals surface area (Å²) in [6.07, 6.45) is -0.441. The lowest BCUT2D eigenvalue weighted by molar-refractivity contribution is 0.0219. The van der Waals surface area contributed by atoms with Gasteiger partial charge in [-0.15, -0.1) is 0 Å². The van der Waals surface area contributed by atoms with Gasteiger partial charge in [-0.25, -0.2) is 21.6 Å². The Bertz CT molecular complexity index is 1010. The summed E-state index contributed by atoms with van der Waals surface area (Å²) >= 11 is 0. The molecule has 33 heavy (non-hydrogen) atoms. The molecule has 6 nitrogen and oxygen atoms in total. The number of sulfonamides is 1. The number of methoxy groups -OCH3 is 1. The van der Waals surface area contributed by atoms with E-state index in [9.17, 15) is 26.7 Å². The van der Waals surface area contributed by atoms with Crippen molar-refractivity contribution in [2.75, 3.05) is 33.9 Å². The third kappa shape index (κ3) is 7.25. The minimum absolute atomic E-state index is 0.0299. The quantitative estimate of drug-likeness (QED) is 0.497. The maximum absolute atomic E-state index is 14.0. The SMILES string of the molecule is CO[C@@H](CN(C)Cc1cc(F)ccc1F)[C@@H](C)CN([C@@H](C)CO)S(=O)(=O)c1ccc(F)cc1. The molecule has 0 unspecified atom stereocenters. The number of aliphatic hydroxyl groups excluding tert-OH is 1. The van der Waals surface area contributed by atoms with Crippen molar-refractivity contribution in [2.24, 2.45) is 5.92 Å². The van der Waals surface area contributed by atoms with E-state index in [1.807, 2.05) is 6.92 Å². The van der Waals surface area contributed by atoms with Gasteiger partial charge in [0, 0.05) is 38.3 Å². The van der Waals surface area contributed by atoms with Gasteiger partial charge >= 0.3 is 0 Å². The normalized spacial score (nSPS) is 15.1. The first kappa shape index (κ1) is 27.3. The molecule has 2 aromatic rings. The van der Waals surface area contributed by atoms with Gasteiger partial charge < -0.3 is 9.84 Å². The summed E-state index contributed by atoms with van der Waals surface area (Å²) < 4.78 is 73.8. The molecule has 0 amide bonds. The Hall–Kier alpha value is -1.98. The summed E-state index contributed by atoms with van der Waals surface area (Å²) in [6, 6.07) is 7.03. The van der Waals surface area contributed by atoms with E-state index in [0.29, 0.717) is 6.54 Å². The maximum atomic E-state index is 14.0. The fraction of sp³-hybridized carbons (Fsp3) is 0.478. The number of hydrogen-bond acceptors (Lipinski definition) is 5. The van der Waals surface area contributed by atoms with Crippen LogP contribution in [-0.2, 0) is 21.3 Å². The Balaban J connectivity index is 2.16. The Kier molecular flexibility index (Phi) is 9.86. The van der Waals surface area contributed by atoms with Gasteiger partial charge in [0.25, 0.3) is 0 Å². The van der Waals surface area contributed by atoms with E-state index in [-0.39, 0.29) is 29.5 Å². The van der Waals surface area contributed by atoms with Gasteiger partial charge in [-0.05, 0) is 62.4 Å². The zero-order valence-corrected chi connectivity index (χ0v) is 20.0. The number of halogens is 3. The molecule has 10 heteroatoms. The molecule has 0 fully saturated rings. The van der Waals surface area contributed by atoms with Crippen molar-refractivity contribution < 1.29 is 31.4 Å². The number of likely N-dealkylation sites (N-methyl/N-ethyl adjacent to an activating group) is 1. The maximum Gasteiger partial charge on any atom is 0.243 e. The first-order chi connectivity index (χ1) is 15.5. The number of aliphatic hydroxyl groups is 1. The molecule has 0 saturated heterocycles. The van der Waals surface area contributed by atoms with Gasteiger partial charge in [-0.3, -0.25) is 4.90 Å². The van der Waals surface area contributed by atoms with Crippen LogP contribution in [0.5, 0.6) is 0 Å². The lowest BCUT2D eigenvalue weighted by Gasteiger charge is -2.33. The molecule has 0 aliphatic heterocycles. The van der Waals surface area contributed by atoms with Crippen molar-refractivity contribution in [3.8, 4) is 0 Å². The van der Waals surface area contributed by atoms with Crippen molar-refractivity contribution in [3.05, 3.63) is 65.5 Å². The van der Waals surface area contributed by atoms with Crippen LogP contribution in [0, 0.1) is 23.4 Å². The first-order valence-electron chi connectivity index (χ1n) is 10.5. The molecule has 0 aromatic heterocycles. The van der Waals surface area contributed by atoms with Crippen LogP contribution in [0.3, 0.4) is 0 Å². The molecule has 0 bridgehead atoms. The fourth-order valence-corrected chi connectivity index (χ4v) is 5.29. The average molecular weight is 489 g/mol. The van der Waals surface area contributed by atoms with Crippen molar-refractivity contribution in [3.63, 3.8) is 0 Å². The van der Waals surface area contributed by atoms with Crippen molar-refractivity contribution >= 4 is 10.0 Å². The van der Waals surface area contributed by atoms with E-state index in [4.69, 9.17) is 4.74 Å². The second kappa shape index (κ2) is 11.9. The number of nitrogens with zero attached hydrogens (tertiary/aromatic N) is 2.